The predicted molar refractivity (Wildman–Crippen MR) is 119 cm³/mol. The molecule has 5 rings (SSSR count). The first kappa shape index (κ1) is 20.7. The number of carbonyl (C=O) groups excluding carboxylic acids is 2. The largest absolute Gasteiger partial charge is 0.497 e. The number of carbonyl (C=O) groups is 2. The summed E-state index contributed by atoms with van der Waals surface area (Å²) in [5.41, 5.74) is 0.0554. The Labute approximate surface area is 188 Å². The Morgan fingerprint density at radius 2 is 1.69 bits per heavy atom. The molecule has 1 aromatic heterocycles. The fraction of sp³-hybridized carbons (Fsp3) is 0.500. The lowest BCUT2D eigenvalue weighted by atomic mass is 9.60. The van der Waals surface area contributed by atoms with E-state index in [4.69, 9.17) is 4.74 Å². The molecular formula is C24H29N5O3. The van der Waals surface area contributed by atoms with Crippen molar-refractivity contribution in [3.05, 3.63) is 48.3 Å². The van der Waals surface area contributed by atoms with Crippen LogP contribution in [0.1, 0.15) is 29.6 Å². The van der Waals surface area contributed by atoms with Crippen molar-refractivity contribution >= 4 is 17.8 Å². The summed E-state index contributed by atoms with van der Waals surface area (Å²) in [6.45, 7) is 3.46. The minimum Gasteiger partial charge on any atom is -0.497 e. The summed E-state index contributed by atoms with van der Waals surface area (Å²) in [6.07, 6.45) is 5.95. The number of ether oxygens (including phenoxy) is 1. The molecule has 8 nitrogen and oxygen atoms in total. The molecule has 32 heavy (non-hydrogen) atoms. The van der Waals surface area contributed by atoms with Gasteiger partial charge in [0.05, 0.1) is 12.5 Å². The number of amides is 2. The molecule has 3 aliphatic heterocycles. The van der Waals surface area contributed by atoms with Crippen molar-refractivity contribution in [1.82, 2.24) is 19.8 Å². The lowest BCUT2D eigenvalue weighted by molar-refractivity contribution is -0.140. The van der Waals surface area contributed by atoms with E-state index in [9.17, 15) is 9.59 Å². The van der Waals surface area contributed by atoms with Gasteiger partial charge >= 0.3 is 0 Å². The average Bonchev–Trinajstić information content (AvgIpc) is 3.32. The molecule has 0 bridgehead atoms. The number of nitrogens with zero attached hydrogens (tertiary/aromatic N) is 5. The Kier molecular flexibility index (Phi) is 5.03. The third-order valence-corrected chi connectivity index (χ3v) is 7.78. The maximum atomic E-state index is 13.4. The molecule has 0 unspecified atom stereocenters. The molecule has 8 heteroatoms. The number of aromatic nitrogens is 2. The van der Waals surface area contributed by atoms with E-state index in [2.05, 4.69) is 14.9 Å². The van der Waals surface area contributed by atoms with Gasteiger partial charge in [0.15, 0.2) is 0 Å². The molecule has 0 N–H and O–H groups in total. The zero-order chi connectivity index (χ0) is 22.3. The van der Waals surface area contributed by atoms with E-state index < -0.39 is 5.41 Å². The number of benzene rings is 1. The Morgan fingerprint density at radius 3 is 2.28 bits per heavy atom. The summed E-state index contributed by atoms with van der Waals surface area (Å²) in [6, 6.07) is 9.06. The van der Waals surface area contributed by atoms with E-state index in [0.29, 0.717) is 31.1 Å². The van der Waals surface area contributed by atoms with Crippen molar-refractivity contribution in [2.24, 2.45) is 10.8 Å². The van der Waals surface area contributed by atoms with E-state index >= 15 is 0 Å². The summed E-state index contributed by atoms with van der Waals surface area (Å²) in [7, 11) is 3.51. The molecule has 3 fully saturated rings. The highest BCUT2D eigenvalue weighted by Gasteiger charge is 2.65. The first-order valence-corrected chi connectivity index (χ1v) is 11.2. The third kappa shape index (κ3) is 3.12. The molecule has 2 aromatic rings. The standard InChI is InChI=1S/C24H29N5O3/c1-27-13-10-24(21(27)31)17-29(22-25-11-3-12-26-22)16-23(24)8-14-28(15-9-23)20(30)18-4-6-19(32-2)7-5-18/h3-7,11-12H,8-10,13-17H2,1-2H3/t24-/m1/s1. The lowest BCUT2D eigenvalue weighted by Gasteiger charge is -2.46. The van der Waals surface area contributed by atoms with E-state index in [1.165, 1.54) is 0 Å². The molecular weight excluding hydrogens is 406 g/mol. The molecule has 3 saturated heterocycles. The van der Waals surface area contributed by atoms with Gasteiger partial charge in [0.25, 0.3) is 5.91 Å². The van der Waals surface area contributed by atoms with Crippen molar-refractivity contribution in [3.8, 4) is 5.75 Å². The van der Waals surface area contributed by atoms with Gasteiger partial charge in [-0.3, -0.25) is 9.59 Å². The Bertz CT molecular complexity index is 1000. The van der Waals surface area contributed by atoms with Gasteiger partial charge in [-0.05, 0) is 49.6 Å². The van der Waals surface area contributed by atoms with Crippen molar-refractivity contribution in [2.45, 2.75) is 19.3 Å². The second kappa shape index (κ2) is 7.76. The Morgan fingerprint density at radius 1 is 1.00 bits per heavy atom. The van der Waals surface area contributed by atoms with Crippen molar-refractivity contribution < 1.29 is 14.3 Å². The Balaban J connectivity index is 1.38. The quantitative estimate of drug-likeness (QED) is 0.735. The van der Waals surface area contributed by atoms with Gasteiger partial charge in [0.2, 0.25) is 11.9 Å². The van der Waals surface area contributed by atoms with E-state index in [-0.39, 0.29) is 17.2 Å². The summed E-state index contributed by atoms with van der Waals surface area (Å²) in [5.74, 6) is 1.68. The van der Waals surface area contributed by atoms with Crippen LogP contribution in [-0.4, -0.2) is 78.5 Å². The molecule has 1 atom stereocenters. The summed E-state index contributed by atoms with van der Waals surface area (Å²) in [4.78, 5) is 41.4. The van der Waals surface area contributed by atoms with Crippen LogP contribution < -0.4 is 9.64 Å². The van der Waals surface area contributed by atoms with Gasteiger partial charge in [-0.1, -0.05) is 0 Å². The second-order valence-electron chi connectivity index (χ2n) is 9.26. The molecule has 168 valence electrons. The van der Waals surface area contributed by atoms with E-state index in [1.54, 1.807) is 19.5 Å². The molecule has 0 radical (unpaired) electrons. The summed E-state index contributed by atoms with van der Waals surface area (Å²) in [5, 5.41) is 0. The molecule has 0 saturated carbocycles. The average molecular weight is 436 g/mol. The predicted octanol–water partition coefficient (Wildman–Crippen LogP) is 2.08. The Hall–Kier alpha value is -3.16. The van der Waals surface area contributed by atoms with Gasteiger partial charge < -0.3 is 19.4 Å². The molecule has 0 aliphatic carbocycles. The zero-order valence-electron chi connectivity index (χ0n) is 18.7. The summed E-state index contributed by atoms with van der Waals surface area (Å²) < 4.78 is 5.20. The number of anilines is 1. The van der Waals surface area contributed by atoms with Gasteiger partial charge in [0, 0.05) is 63.1 Å². The van der Waals surface area contributed by atoms with Gasteiger partial charge in [-0.2, -0.15) is 0 Å². The van der Waals surface area contributed by atoms with Gasteiger partial charge in [-0.15, -0.1) is 0 Å². The van der Waals surface area contributed by atoms with Crippen molar-refractivity contribution in [3.63, 3.8) is 0 Å². The minimum atomic E-state index is -0.434. The van der Waals surface area contributed by atoms with Gasteiger partial charge in [-0.25, -0.2) is 9.97 Å². The molecule has 1 aromatic carbocycles. The highest BCUT2D eigenvalue weighted by molar-refractivity contribution is 5.94. The van der Waals surface area contributed by atoms with Crippen LogP contribution >= 0.6 is 0 Å². The number of hydrogen-bond donors (Lipinski definition) is 0. The maximum absolute atomic E-state index is 13.4. The molecule has 2 spiro atoms. The first-order valence-electron chi connectivity index (χ1n) is 11.2. The van der Waals surface area contributed by atoms with Crippen LogP contribution in [0.3, 0.4) is 0 Å². The summed E-state index contributed by atoms with van der Waals surface area (Å²) >= 11 is 0. The number of hydrogen-bond acceptors (Lipinski definition) is 6. The fourth-order valence-corrected chi connectivity index (χ4v) is 5.92. The molecule has 4 heterocycles. The first-order chi connectivity index (χ1) is 15.5. The number of piperidine rings is 1. The number of rotatable bonds is 3. The fourth-order valence-electron chi connectivity index (χ4n) is 5.92. The SMILES string of the molecule is COc1ccc(C(=O)N2CCC3(CC2)CN(c2ncccn2)C[C@@]32CCN(C)C2=O)cc1. The number of fused-ring (bicyclic) bond motifs is 1. The van der Waals surface area contributed by atoms with Crippen LogP contribution in [0.25, 0.3) is 0 Å². The number of methoxy groups -OCH3 is 1. The van der Waals surface area contributed by atoms with Gasteiger partial charge in [0.1, 0.15) is 5.75 Å². The minimum absolute atomic E-state index is 0.0349. The smallest absolute Gasteiger partial charge is 0.253 e. The van der Waals surface area contributed by atoms with E-state index in [0.717, 1.165) is 38.1 Å². The zero-order valence-corrected chi connectivity index (χ0v) is 18.7. The molecule has 3 aliphatic rings. The normalized spacial score (nSPS) is 24.6. The number of likely N-dealkylation sites (tertiary alicyclic amines) is 2. The van der Waals surface area contributed by atoms with Crippen molar-refractivity contribution in [2.75, 3.05) is 51.8 Å². The topological polar surface area (TPSA) is 78.9 Å². The van der Waals surface area contributed by atoms with Crippen molar-refractivity contribution in [1.29, 1.82) is 0 Å². The lowest BCUT2D eigenvalue weighted by Crippen LogP contribution is -2.53. The maximum Gasteiger partial charge on any atom is 0.253 e. The highest BCUT2D eigenvalue weighted by Crippen LogP contribution is 2.58. The van der Waals surface area contributed by atoms with Crippen LogP contribution in [0.2, 0.25) is 0 Å². The monoisotopic (exact) mass is 435 g/mol. The third-order valence-electron chi connectivity index (χ3n) is 7.78. The van der Waals surface area contributed by atoms with E-state index in [1.807, 2.05) is 47.2 Å². The highest BCUT2D eigenvalue weighted by atomic mass is 16.5. The molecule has 2 amide bonds. The van der Waals surface area contributed by atoms with Crippen LogP contribution in [0.4, 0.5) is 5.95 Å². The van der Waals surface area contributed by atoms with Crippen LogP contribution in [-0.2, 0) is 4.79 Å². The van der Waals surface area contributed by atoms with Crippen LogP contribution in [0, 0.1) is 10.8 Å². The second-order valence-corrected chi connectivity index (χ2v) is 9.26. The van der Waals surface area contributed by atoms with Crippen LogP contribution in [0.15, 0.2) is 42.7 Å². The van der Waals surface area contributed by atoms with Crippen LogP contribution in [0.5, 0.6) is 5.75 Å².